The summed E-state index contributed by atoms with van der Waals surface area (Å²) in [5.41, 5.74) is 3.42. The fraction of sp³-hybridized carbons (Fsp3) is 0.750. The molecule has 0 amide bonds. The minimum absolute atomic E-state index is 0. The Morgan fingerprint density at radius 2 is 0.926 bits per heavy atom. The molecule has 0 nitrogen and oxygen atoms in total. The van der Waals surface area contributed by atoms with Gasteiger partial charge in [-0.3, -0.25) is 0 Å². The molecular formula is C24H38BrPSe. The third-order valence-electron chi connectivity index (χ3n) is 7.44. The Morgan fingerprint density at radius 3 is 1.30 bits per heavy atom. The van der Waals surface area contributed by atoms with E-state index in [9.17, 15) is 0 Å². The van der Waals surface area contributed by atoms with Gasteiger partial charge in [-0.1, -0.05) is 0 Å². The van der Waals surface area contributed by atoms with Gasteiger partial charge in [0.2, 0.25) is 0 Å². The van der Waals surface area contributed by atoms with E-state index in [2.05, 4.69) is 30.3 Å². The van der Waals surface area contributed by atoms with Crippen molar-refractivity contribution >= 4 is 24.9 Å². The van der Waals surface area contributed by atoms with E-state index < -0.39 is 5.95 Å². The standard InChI is InChI=1S/C24H38PSe.BrH/c1-5-13-21(14-6-1)25(22-15-7-2-8-16-22,23-17-9-3-10-18-23)26-24-19-11-4-12-20-24;/h4,11-12,19-23H,1-3,5-10,13-18H2;1H/q+1;/p-1. The Hall–Kier alpha value is 0.649. The van der Waals surface area contributed by atoms with Crippen molar-refractivity contribution in [2.75, 3.05) is 0 Å². The van der Waals surface area contributed by atoms with Gasteiger partial charge < -0.3 is 17.0 Å². The molecule has 27 heavy (non-hydrogen) atoms. The molecule has 0 radical (unpaired) electrons. The van der Waals surface area contributed by atoms with Gasteiger partial charge in [0.1, 0.15) is 0 Å². The molecule has 3 heteroatoms. The van der Waals surface area contributed by atoms with Gasteiger partial charge in [0.25, 0.3) is 0 Å². The molecule has 0 saturated heterocycles. The van der Waals surface area contributed by atoms with Crippen molar-refractivity contribution in [2.45, 2.75) is 113 Å². The van der Waals surface area contributed by atoms with Gasteiger partial charge in [-0.25, -0.2) is 0 Å². The third kappa shape index (κ3) is 5.23. The van der Waals surface area contributed by atoms with Crippen LogP contribution < -0.4 is 21.4 Å². The van der Waals surface area contributed by atoms with E-state index >= 15 is 0 Å². The molecule has 0 spiro atoms. The van der Waals surface area contributed by atoms with Crippen LogP contribution in [0.2, 0.25) is 0 Å². The first kappa shape index (κ1) is 22.3. The van der Waals surface area contributed by atoms with Gasteiger partial charge >= 0.3 is 169 Å². The molecule has 0 aliphatic heterocycles. The molecular weight excluding hydrogens is 478 g/mol. The van der Waals surface area contributed by atoms with E-state index in [0.29, 0.717) is 0 Å². The zero-order valence-corrected chi connectivity index (χ0v) is 21.2. The Kier molecular flexibility index (Phi) is 9.23. The number of rotatable bonds is 5. The number of hydrogen-bond acceptors (Lipinski definition) is 0. The van der Waals surface area contributed by atoms with E-state index in [1.54, 1.807) is 43.0 Å². The van der Waals surface area contributed by atoms with Crippen LogP contribution in [0.3, 0.4) is 0 Å². The summed E-state index contributed by atoms with van der Waals surface area (Å²) in [6.07, 6.45) is 23.3. The maximum absolute atomic E-state index is 2.49. The molecule has 152 valence electrons. The van der Waals surface area contributed by atoms with Crippen LogP contribution in [-0.4, -0.2) is 31.5 Å². The second-order valence-electron chi connectivity index (χ2n) is 9.04. The Balaban J connectivity index is 0.00000210. The van der Waals surface area contributed by atoms with Crippen LogP contribution in [0, 0.1) is 0 Å². The Bertz CT molecular complexity index is 485. The van der Waals surface area contributed by atoms with E-state index in [4.69, 9.17) is 0 Å². The van der Waals surface area contributed by atoms with Gasteiger partial charge in [0, 0.05) is 0 Å². The second kappa shape index (κ2) is 11.2. The molecule has 3 aliphatic rings. The van der Waals surface area contributed by atoms with Crippen LogP contribution in [0.4, 0.5) is 0 Å². The fourth-order valence-electron chi connectivity index (χ4n) is 6.24. The van der Waals surface area contributed by atoms with E-state index in [-0.39, 0.29) is 17.0 Å². The molecule has 0 N–H and O–H groups in total. The van der Waals surface area contributed by atoms with Gasteiger partial charge in [-0.15, -0.1) is 0 Å². The molecule has 0 atom stereocenters. The number of halogens is 1. The first-order valence-electron chi connectivity index (χ1n) is 11.5. The number of benzene rings is 1. The zero-order valence-electron chi connectivity index (χ0n) is 17.0. The Morgan fingerprint density at radius 1 is 0.556 bits per heavy atom. The molecule has 1 aromatic rings. The predicted molar refractivity (Wildman–Crippen MR) is 119 cm³/mol. The van der Waals surface area contributed by atoms with Crippen LogP contribution in [0.5, 0.6) is 0 Å². The van der Waals surface area contributed by atoms with E-state index in [0.717, 1.165) is 31.5 Å². The summed E-state index contributed by atoms with van der Waals surface area (Å²) < 4.78 is 1.75. The Labute approximate surface area is 184 Å². The van der Waals surface area contributed by atoms with E-state index in [1.807, 2.05) is 0 Å². The SMILES string of the molecule is [Br-].c1ccc([Se][P+](C2CCCCC2)(C2CCCCC2)C2CCCCC2)cc1. The predicted octanol–water partition coefficient (Wildman–Crippen LogP) is 3.95. The minimum atomic E-state index is -0.882. The van der Waals surface area contributed by atoms with Crippen molar-refractivity contribution in [3.8, 4) is 0 Å². The topological polar surface area (TPSA) is 0 Å². The first-order valence-corrected chi connectivity index (χ1v) is 16.6. The molecule has 0 unspecified atom stereocenters. The summed E-state index contributed by atoms with van der Waals surface area (Å²) in [5, 5.41) is 0. The van der Waals surface area contributed by atoms with Crippen molar-refractivity contribution < 1.29 is 17.0 Å². The fourth-order valence-corrected chi connectivity index (χ4v) is 22.7. The molecule has 0 aromatic heterocycles. The van der Waals surface area contributed by atoms with Crippen molar-refractivity contribution in [1.82, 2.24) is 0 Å². The summed E-state index contributed by atoms with van der Waals surface area (Å²) in [6.45, 7) is 0. The summed E-state index contributed by atoms with van der Waals surface area (Å²) in [4.78, 5) is 0. The average molecular weight is 516 g/mol. The summed E-state index contributed by atoms with van der Waals surface area (Å²) in [7, 11) is 0. The van der Waals surface area contributed by atoms with Crippen LogP contribution >= 0.6 is 5.95 Å². The first-order chi connectivity index (χ1) is 12.9. The van der Waals surface area contributed by atoms with Gasteiger partial charge in [0.05, 0.1) is 0 Å². The third-order valence-corrected chi connectivity index (χ3v) is 22.5. The summed E-state index contributed by atoms with van der Waals surface area (Å²) in [5.74, 6) is -0.882. The molecule has 1 aromatic carbocycles. The van der Waals surface area contributed by atoms with Crippen LogP contribution in [0.1, 0.15) is 96.3 Å². The molecule has 0 bridgehead atoms. The molecule has 0 heterocycles. The molecule has 4 rings (SSSR count). The monoisotopic (exact) mass is 516 g/mol. The summed E-state index contributed by atoms with van der Waals surface area (Å²) in [6, 6.07) is 11.8. The van der Waals surface area contributed by atoms with Crippen LogP contribution in [-0.2, 0) is 0 Å². The van der Waals surface area contributed by atoms with Crippen molar-refractivity contribution in [2.24, 2.45) is 0 Å². The van der Waals surface area contributed by atoms with Crippen molar-refractivity contribution in [1.29, 1.82) is 0 Å². The average Bonchev–Trinajstić information content (AvgIpc) is 2.75. The zero-order chi connectivity index (χ0) is 17.7. The van der Waals surface area contributed by atoms with Gasteiger partial charge in [-0.05, 0) is 0 Å². The number of hydrogen-bond donors (Lipinski definition) is 0. The second-order valence-corrected chi connectivity index (χ2v) is 19.1. The maximum atomic E-state index is 2.49. The van der Waals surface area contributed by atoms with Gasteiger partial charge in [0.15, 0.2) is 0 Å². The molecule has 3 fully saturated rings. The van der Waals surface area contributed by atoms with Crippen LogP contribution in [0.25, 0.3) is 0 Å². The van der Waals surface area contributed by atoms with Crippen LogP contribution in [0.15, 0.2) is 30.3 Å². The molecule has 3 aliphatic carbocycles. The summed E-state index contributed by atoms with van der Waals surface area (Å²) >= 11 is 0.764. The normalized spacial score (nSPS) is 23.7. The van der Waals surface area contributed by atoms with Crippen molar-refractivity contribution in [3.63, 3.8) is 0 Å². The van der Waals surface area contributed by atoms with Gasteiger partial charge in [-0.2, -0.15) is 0 Å². The molecule has 3 saturated carbocycles. The van der Waals surface area contributed by atoms with E-state index in [1.165, 1.54) is 57.8 Å². The quantitative estimate of drug-likeness (QED) is 0.411. The van der Waals surface area contributed by atoms with Crippen molar-refractivity contribution in [3.05, 3.63) is 30.3 Å².